The molecule has 0 spiro atoms. The number of ketones is 1. The molecule has 1 heterocycles. The maximum Gasteiger partial charge on any atom is 0.306 e. The molecule has 1 aromatic heterocycles. The monoisotopic (exact) mass is 418 g/mol. The molecule has 0 fully saturated rings. The number of fused-ring (bicyclic) bond motifs is 1. The van der Waals surface area contributed by atoms with E-state index in [2.05, 4.69) is 5.32 Å². The van der Waals surface area contributed by atoms with Gasteiger partial charge in [-0.05, 0) is 49.1 Å². The Balaban J connectivity index is 1.47. The van der Waals surface area contributed by atoms with Gasteiger partial charge in [0.2, 0.25) is 5.91 Å². The number of aryl methyl sites for hydroxylation is 1. The van der Waals surface area contributed by atoms with Crippen LogP contribution in [-0.2, 0) is 27.2 Å². The second-order valence-corrected chi connectivity index (χ2v) is 7.67. The summed E-state index contributed by atoms with van der Waals surface area (Å²) in [4.78, 5) is 48.6. The quantitative estimate of drug-likeness (QED) is 0.505. The molecule has 29 heavy (non-hydrogen) atoms. The molecule has 7 nitrogen and oxygen atoms in total. The van der Waals surface area contributed by atoms with Crippen molar-refractivity contribution in [2.45, 2.75) is 32.1 Å². The minimum Gasteiger partial charge on any atom is -0.457 e. The molecular formula is C20H19FN2O5S. The average Bonchev–Trinajstić information content (AvgIpc) is 3.25. The molecule has 9 heteroatoms. The van der Waals surface area contributed by atoms with Gasteiger partial charge in [0.1, 0.15) is 10.8 Å². The normalized spacial score (nSPS) is 12.3. The molecule has 2 aromatic rings. The molecule has 1 aliphatic carbocycles. The summed E-state index contributed by atoms with van der Waals surface area (Å²) in [6.07, 6.45) is 2.18. The van der Waals surface area contributed by atoms with E-state index in [1.165, 1.54) is 23.5 Å². The number of nitrogens with two attached hydrogens (primary N) is 1. The lowest BCUT2D eigenvalue weighted by atomic mass is 10.1. The number of nitrogens with one attached hydrogen (secondary N) is 1. The molecule has 0 bridgehead atoms. The second kappa shape index (κ2) is 8.95. The highest BCUT2D eigenvalue weighted by Crippen LogP contribution is 2.38. The number of ether oxygens (including phenoxy) is 1. The van der Waals surface area contributed by atoms with Crippen LogP contribution in [0.2, 0.25) is 0 Å². The summed E-state index contributed by atoms with van der Waals surface area (Å²) in [5.74, 6) is -2.69. The number of primary amides is 1. The van der Waals surface area contributed by atoms with Crippen molar-refractivity contribution in [3.63, 3.8) is 0 Å². The molecule has 0 radical (unpaired) electrons. The van der Waals surface area contributed by atoms with Crippen molar-refractivity contribution in [2.75, 3.05) is 11.9 Å². The highest BCUT2D eigenvalue weighted by molar-refractivity contribution is 7.17. The van der Waals surface area contributed by atoms with Crippen LogP contribution in [0.3, 0.4) is 0 Å². The van der Waals surface area contributed by atoms with E-state index >= 15 is 0 Å². The van der Waals surface area contributed by atoms with Crippen molar-refractivity contribution in [1.82, 2.24) is 0 Å². The Labute approximate surface area is 170 Å². The summed E-state index contributed by atoms with van der Waals surface area (Å²) in [5.41, 5.74) is 6.92. The zero-order valence-corrected chi connectivity index (χ0v) is 16.3. The largest absolute Gasteiger partial charge is 0.457 e. The van der Waals surface area contributed by atoms with Gasteiger partial charge in [-0.3, -0.25) is 19.2 Å². The van der Waals surface area contributed by atoms with E-state index in [4.69, 9.17) is 10.5 Å². The predicted octanol–water partition coefficient (Wildman–Crippen LogP) is 2.62. The fourth-order valence-corrected chi connectivity index (χ4v) is 4.41. The number of anilines is 1. The molecule has 1 aliphatic rings. The molecule has 0 atom stereocenters. The van der Waals surface area contributed by atoms with E-state index in [0.29, 0.717) is 10.6 Å². The molecule has 0 aliphatic heterocycles. The molecular weight excluding hydrogens is 399 g/mol. The topological polar surface area (TPSA) is 116 Å². The third-order valence-corrected chi connectivity index (χ3v) is 5.71. The molecule has 0 saturated carbocycles. The Morgan fingerprint density at radius 2 is 1.83 bits per heavy atom. The third kappa shape index (κ3) is 5.05. The van der Waals surface area contributed by atoms with E-state index in [-0.39, 0.29) is 18.4 Å². The van der Waals surface area contributed by atoms with Crippen molar-refractivity contribution in [3.05, 3.63) is 51.7 Å². The SMILES string of the molecule is NC(=O)c1c(NC(=O)CCC(=O)OCC(=O)c2ccc(F)cc2)sc2c1CCC2. The lowest BCUT2D eigenvalue weighted by Gasteiger charge is -2.07. The van der Waals surface area contributed by atoms with Gasteiger partial charge < -0.3 is 15.8 Å². The van der Waals surface area contributed by atoms with Gasteiger partial charge in [0.25, 0.3) is 5.91 Å². The fraction of sp³-hybridized carbons (Fsp3) is 0.300. The Morgan fingerprint density at radius 1 is 1.10 bits per heavy atom. The first kappa shape index (κ1) is 20.7. The van der Waals surface area contributed by atoms with Crippen LogP contribution in [0.4, 0.5) is 9.39 Å². The third-order valence-electron chi connectivity index (χ3n) is 4.51. The summed E-state index contributed by atoms with van der Waals surface area (Å²) in [6.45, 7) is -0.491. The maximum absolute atomic E-state index is 12.9. The number of amides is 2. The summed E-state index contributed by atoms with van der Waals surface area (Å²) < 4.78 is 17.7. The minimum atomic E-state index is -0.709. The lowest BCUT2D eigenvalue weighted by molar-refractivity contribution is -0.143. The lowest BCUT2D eigenvalue weighted by Crippen LogP contribution is -2.19. The van der Waals surface area contributed by atoms with Crippen LogP contribution < -0.4 is 11.1 Å². The number of rotatable bonds is 8. The number of carbonyl (C=O) groups excluding carboxylic acids is 4. The number of benzene rings is 1. The molecule has 3 rings (SSSR count). The highest BCUT2D eigenvalue weighted by atomic mass is 32.1. The number of halogens is 1. The molecule has 1 aromatic carbocycles. The Bertz CT molecular complexity index is 968. The molecule has 152 valence electrons. The van der Waals surface area contributed by atoms with E-state index in [9.17, 15) is 23.6 Å². The van der Waals surface area contributed by atoms with Gasteiger partial charge in [-0.1, -0.05) is 0 Å². The number of Topliss-reactive ketones (excluding diaryl/α,β-unsaturated/α-hetero) is 1. The van der Waals surface area contributed by atoms with Gasteiger partial charge in [0.05, 0.1) is 12.0 Å². The minimum absolute atomic E-state index is 0.162. The summed E-state index contributed by atoms with van der Waals surface area (Å²) >= 11 is 1.33. The van der Waals surface area contributed by atoms with Gasteiger partial charge in [-0.25, -0.2) is 4.39 Å². The van der Waals surface area contributed by atoms with Gasteiger partial charge in [0.15, 0.2) is 12.4 Å². The maximum atomic E-state index is 12.9. The first-order valence-corrected chi connectivity index (χ1v) is 9.85. The predicted molar refractivity (Wildman–Crippen MR) is 104 cm³/mol. The van der Waals surface area contributed by atoms with Crippen molar-refractivity contribution >= 4 is 39.9 Å². The summed E-state index contributed by atoms with van der Waals surface area (Å²) in [7, 11) is 0. The van der Waals surface area contributed by atoms with Crippen molar-refractivity contribution in [3.8, 4) is 0 Å². The number of hydrogen-bond acceptors (Lipinski definition) is 6. The highest BCUT2D eigenvalue weighted by Gasteiger charge is 2.26. The number of carbonyl (C=O) groups is 4. The second-order valence-electron chi connectivity index (χ2n) is 6.56. The van der Waals surface area contributed by atoms with Crippen molar-refractivity contribution < 1.29 is 28.3 Å². The van der Waals surface area contributed by atoms with E-state index in [0.717, 1.165) is 41.8 Å². The molecule has 2 amide bonds. The number of hydrogen-bond donors (Lipinski definition) is 2. The number of esters is 1. The number of thiophene rings is 1. The average molecular weight is 418 g/mol. The Kier molecular flexibility index (Phi) is 6.38. The van der Waals surface area contributed by atoms with Gasteiger partial charge in [-0.15, -0.1) is 11.3 Å². The van der Waals surface area contributed by atoms with E-state index in [1.54, 1.807) is 0 Å². The standard InChI is InChI=1S/C20H19FN2O5S/c21-12-6-4-11(5-7-12)14(24)10-28-17(26)9-8-16(25)23-20-18(19(22)27)13-2-1-3-15(13)29-20/h4-7H,1-3,8-10H2,(H2,22,27)(H,23,25). The zero-order chi connectivity index (χ0) is 21.0. The van der Waals surface area contributed by atoms with Crippen molar-refractivity contribution in [2.24, 2.45) is 5.73 Å². The van der Waals surface area contributed by atoms with Gasteiger partial charge >= 0.3 is 5.97 Å². The van der Waals surface area contributed by atoms with Crippen LogP contribution >= 0.6 is 11.3 Å². The van der Waals surface area contributed by atoms with Crippen LogP contribution in [0.25, 0.3) is 0 Å². The Hall–Kier alpha value is -3.07. The van der Waals surface area contributed by atoms with Crippen LogP contribution in [0.1, 0.15) is 50.4 Å². The molecule has 0 unspecified atom stereocenters. The fourth-order valence-electron chi connectivity index (χ4n) is 3.10. The van der Waals surface area contributed by atoms with Crippen LogP contribution in [-0.4, -0.2) is 30.2 Å². The van der Waals surface area contributed by atoms with E-state index in [1.807, 2.05) is 0 Å². The van der Waals surface area contributed by atoms with Crippen LogP contribution in [0.5, 0.6) is 0 Å². The van der Waals surface area contributed by atoms with Crippen molar-refractivity contribution in [1.29, 1.82) is 0 Å². The first-order chi connectivity index (χ1) is 13.8. The molecule has 3 N–H and O–H groups in total. The van der Waals surface area contributed by atoms with Crippen LogP contribution in [0.15, 0.2) is 24.3 Å². The summed E-state index contributed by atoms with van der Waals surface area (Å²) in [6, 6.07) is 4.88. The Morgan fingerprint density at radius 3 is 2.52 bits per heavy atom. The van der Waals surface area contributed by atoms with Gasteiger partial charge in [0, 0.05) is 16.9 Å². The molecule has 0 saturated heterocycles. The van der Waals surface area contributed by atoms with Gasteiger partial charge in [-0.2, -0.15) is 0 Å². The zero-order valence-electron chi connectivity index (χ0n) is 15.5. The summed E-state index contributed by atoms with van der Waals surface area (Å²) in [5, 5.41) is 3.05. The first-order valence-electron chi connectivity index (χ1n) is 9.03. The van der Waals surface area contributed by atoms with Crippen LogP contribution in [0, 0.1) is 5.82 Å². The smallest absolute Gasteiger partial charge is 0.306 e. The van der Waals surface area contributed by atoms with E-state index < -0.39 is 36.0 Å².